The molecule has 5 rings (SSSR count). The summed E-state index contributed by atoms with van der Waals surface area (Å²) in [5.74, 6) is -0.289. The van der Waals surface area contributed by atoms with Crippen LogP contribution in [0, 0.1) is 0 Å². The second-order valence-electron chi connectivity index (χ2n) is 8.68. The highest BCUT2D eigenvalue weighted by atomic mass is 32.2. The van der Waals surface area contributed by atoms with E-state index in [1.807, 2.05) is 29.2 Å². The summed E-state index contributed by atoms with van der Waals surface area (Å²) in [6.45, 7) is 5.04. The zero-order chi connectivity index (χ0) is 24.4. The number of ether oxygens (including phenoxy) is 1. The van der Waals surface area contributed by atoms with E-state index in [0.29, 0.717) is 12.2 Å². The highest BCUT2D eigenvalue weighted by Gasteiger charge is 2.42. The van der Waals surface area contributed by atoms with E-state index in [1.54, 1.807) is 30.8 Å². The fourth-order valence-electron chi connectivity index (χ4n) is 4.77. The average molecular weight is 508 g/mol. The van der Waals surface area contributed by atoms with Crippen molar-refractivity contribution in [3.05, 3.63) is 64.0 Å². The van der Waals surface area contributed by atoms with Gasteiger partial charge in [-0.05, 0) is 74.8 Å². The molecule has 2 aromatic rings. The van der Waals surface area contributed by atoms with Crippen molar-refractivity contribution in [1.82, 2.24) is 4.90 Å². The molecule has 1 saturated heterocycles. The first-order valence-corrected chi connectivity index (χ1v) is 13.9. The predicted molar refractivity (Wildman–Crippen MR) is 143 cm³/mol. The summed E-state index contributed by atoms with van der Waals surface area (Å²) in [5, 5.41) is 1.72. The summed E-state index contributed by atoms with van der Waals surface area (Å²) in [6.07, 6.45) is 5.49. The Kier molecular flexibility index (Phi) is 7.20. The topological polar surface area (TPSA) is 62.2 Å². The molecule has 0 radical (unpaired) electrons. The SMILES string of the molecule is CCOC(=O)c1ccc(N=C2SC(=C3Sc4ccccc4N3CC)C(=O)N2C2CCCCC2)cc1. The van der Waals surface area contributed by atoms with Crippen LogP contribution in [0.3, 0.4) is 0 Å². The second kappa shape index (κ2) is 10.5. The molecule has 0 N–H and O–H groups in total. The Labute approximate surface area is 214 Å². The zero-order valence-electron chi connectivity index (χ0n) is 20.0. The summed E-state index contributed by atoms with van der Waals surface area (Å²) >= 11 is 3.14. The Hall–Kier alpha value is -2.71. The van der Waals surface area contributed by atoms with Crippen molar-refractivity contribution in [2.24, 2.45) is 4.99 Å². The first kappa shape index (κ1) is 24.0. The smallest absolute Gasteiger partial charge is 0.338 e. The molecule has 1 saturated carbocycles. The van der Waals surface area contributed by atoms with Gasteiger partial charge in [-0.1, -0.05) is 43.2 Å². The lowest BCUT2D eigenvalue weighted by Gasteiger charge is -2.30. The number of anilines is 1. The highest BCUT2D eigenvalue weighted by molar-refractivity contribution is 8.19. The van der Waals surface area contributed by atoms with E-state index in [-0.39, 0.29) is 17.9 Å². The van der Waals surface area contributed by atoms with Crippen LogP contribution in [0.2, 0.25) is 0 Å². The molecule has 2 heterocycles. The fourth-order valence-corrected chi connectivity index (χ4v) is 7.22. The number of carbonyl (C=O) groups excluding carboxylic acids is 2. The number of benzene rings is 2. The summed E-state index contributed by atoms with van der Waals surface area (Å²) in [4.78, 5) is 36.9. The van der Waals surface area contributed by atoms with Crippen molar-refractivity contribution in [2.45, 2.75) is 56.9 Å². The van der Waals surface area contributed by atoms with Crippen molar-refractivity contribution >= 4 is 51.9 Å². The lowest BCUT2D eigenvalue weighted by molar-refractivity contribution is -0.124. The number of amides is 1. The first-order chi connectivity index (χ1) is 17.1. The molecule has 2 aliphatic heterocycles. The Balaban J connectivity index is 1.51. The molecule has 0 spiro atoms. The van der Waals surface area contributed by atoms with E-state index >= 15 is 0 Å². The maximum atomic E-state index is 13.9. The molecule has 3 aliphatic rings. The molecular weight excluding hydrogens is 478 g/mol. The fraction of sp³-hybridized carbons (Fsp3) is 0.370. The number of esters is 1. The van der Waals surface area contributed by atoms with Gasteiger partial charge in [0.2, 0.25) is 0 Å². The lowest BCUT2D eigenvalue weighted by atomic mass is 9.94. The van der Waals surface area contributed by atoms with E-state index in [9.17, 15) is 9.59 Å². The molecule has 2 fully saturated rings. The van der Waals surface area contributed by atoms with Crippen LogP contribution in [0.25, 0.3) is 0 Å². The van der Waals surface area contributed by atoms with Gasteiger partial charge in [0.1, 0.15) is 9.93 Å². The minimum absolute atomic E-state index is 0.0533. The average Bonchev–Trinajstić information content (AvgIpc) is 3.41. The van der Waals surface area contributed by atoms with Crippen molar-refractivity contribution in [3.63, 3.8) is 0 Å². The van der Waals surface area contributed by atoms with E-state index in [4.69, 9.17) is 9.73 Å². The number of para-hydroxylation sites is 1. The zero-order valence-corrected chi connectivity index (χ0v) is 21.7. The van der Waals surface area contributed by atoms with Gasteiger partial charge in [0.05, 0.1) is 23.5 Å². The molecular formula is C27H29N3O3S2. The van der Waals surface area contributed by atoms with Gasteiger partial charge in [-0.2, -0.15) is 0 Å². The first-order valence-electron chi connectivity index (χ1n) is 12.3. The van der Waals surface area contributed by atoms with E-state index in [2.05, 4.69) is 24.0 Å². The van der Waals surface area contributed by atoms with E-state index in [0.717, 1.165) is 58.7 Å². The minimum Gasteiger partial charge on any atom is -0.462 e. The third-order valence-corrected chi connectivity index (χ3v) is 8.83. The maximum absolute atomic E-state index is 13.9. The summed E-state index contributed by atoms with van der Waals surface area (Å²) in [5.41, 5.74) is 2.37. The molecule has 0 aromatic heterocycles. The number of rotatable bonds is 5. The second-order valence-corrected chi connectivity index (χ2v) is 10.7. The third kappa shape index (κ3) is 4.74. The molecule has 1 aliphatic carbocycles. The van der Waals surface area contributed by atoms with E-state index < -0.39 is 0 Å². The number of aliphatic imine (C=N–C) groups is 1. The van der Waals surface area contributed by atoms with Gasteiger partial charge in [-0.3, -0.25) is 9.69 Å². The van der Waals surface area contributed by atoms with Gasteiger partial charge in [-0.15, -0.1) is 0 Å². The van der Waals surface area contributed by atoms with E-state index in [1.165, 1.54) is 23.1 Å². The molecule has 182 valence electrons. The monoisotopic (exact) mass is 507 g/mol. The van der Waals surface area contributed by atoms with Crippen LogP contribution in [-0.2, 0) is 9.53 Å². The quantitative estimate of drug-likeness (QED) is 0.337. The molecule has 0 atom stereocenters. The van der Waals surface area contributed by atoms with Crippen molar-refractivity contribution in [2.75, 3.05) is 18.1 Å². The number of amidine groups is 1. The molecule has 0 bridgehead atoms. The van der Waals surface area contributed by atoms with Crippen LogP contribution in [0.1, 0.15) is 56.3 Å². The number of hydrogen-bond donors (Lipinski definition) is 0. The van der Waals surface area contributed by atoms with Gasteiger partial charge in [0.25, 0.3) is 5.91 Å². The van der Waals surface area contributed by atoms with Crippen molar-refractivity contribution in [1.29, 1.82) is 0 Å². The Morgan fingerprint density at radius 2 is 1.77 bits per heavy atom. The Morgan fingerprint density at radius 3 is 2.49 bits per heavy atom. The molecule has 0 unspecified atom stereocenters. The van der Waals surface area contributed by atoms with Crippen molar-refractivity contribution < 1.29 is 14.3 Å². The minimum atomic E-state index is -0.342. The van der Waals surface area contributed by atoms with Crippen LogP contribution >= 0.6 is 23.5 Å². The molecule has 8 heteroatoms. The van der Waals surface area contributed by atoms with Crippen LogP contribution in [-0.4, -0.2) is 41.1 Å². The summed E-state index contributed by atoms with van der Waals surface area (Å²) in [7, 11) is 0. The van der Waals surface area contributed by atoms with Crippen LogP contribution < -0.4 is 4.90 Å². The van der Waals surface area contributed by atoms with Gasteiger partial charge in [0, 0.05) is 17.5 Å². The van der Waals surface area contributed by atoms with Crippen molar-refractivity contribution in [3.8, 4) is 0 Å². The molecule has 2 aromatic carbocycles. The number of hydrogen-bond acceptors (Lipinski definition) is 7. The van der Waals surface area contributed by atoms with Crippen LogP contribution in [0.4, 0.5) is 11.4 Å². The number of carbonyl (C=O) groups is 2. The van der Waals surface area contributed by atoms with Gasteiger partial charge in [-0.25, -0.2) is 9.79 Å². The standard InChI is InChI=1S/C27H29N3O3S2/c1-3-29-21-12-8-9-13-22(21)34-25(29)23-24(31)30(20-10-6-5-7-11-20)27(35-23)28-19-16-14-18(15-17-19)26(32)33-4-2/h8-9,12-17,20H,3-7,10-11H2,1-2H3. The summed E-state index contributed by atoms with van der Waals surface area (Å²) in [6, 6.07) is 15.6. The molecule has 6 nitrogen and oxygen atoms in total. The maximum Gasteiger partial charge on any atom is 0.338 e. The lowest BCUT2D eigenvalue weighted by Crippen LogP contribution is -2.40. The largest absolute Gasteiger partial charge is 0.462 e. The third-order valence-electron chi connectivity index (χ3n) is 6.47. The van der Waals surface area contributed by atoms with Gasteiger partial charge in [0.15, 0.2) is 5.17 Å². The van der Waals surface area contributed by atoms with Crippen LogP contribution in [0.15, 0.2) is 68.4 Å². The number of thioether (sulfide) groups is 2. The van der Waals surface area contributed by atoms with Gasteiger partial charge < -0.3 is 9.64 Å². The highest BCUT2D eigenvalue weighted by Crippen LogP contribution is 2.51. The summed E-state index contributed by atoms with van der Waals surface area (Å²) < 4.78 is 5.09. The number of nitrogens with zero attached hydrogens (tertiary/aromatic N) is 3. The predicted octanol–water partition coefficient (Wildman–Crippen LogP) is 6.56. The molecule has 1 amide bonds. The normalized spacial score (nSPS) is 21.7. The number of fused-ring (bicyclic) bond motifs is 1. The van der Waals surface area contributed by atoms with Crippen LogP contribution in [0.5, 0.6) is 0 Å². The Morgan fingerprint density at radius 1 is 1.03 bits per heavy atom. The Bertz CT molecular complexity index is 1190. The van der Waals surface area contributed by atoms with Gasteiger partial charge >= 0.3 is 5.97 Å². The molecule has 35 heavy (non-hydrogen) atoms.